The van der Waals surface area contributed by atoms with Gasteiger partial charge in [-0.3, -0.25) is 9.78 Å². The van der Waals surface area contributed by atoms with Crippen molar-refractivity contribution in [1.29, 1.82) is 0 Å². The molecule has 0 aliphatic carbocycles. The van der Waals surface area contributed by atoms with Crippen molar-refractivity contribution in [2.75, 3.05) is 5.43 Å². The Kier molecular flexibility index (Phi) is 4.19. The zero-order chi connectivity index (χ0) is 13.8. The Morgan fingerprint density at radius 2 is 2.21 bits per heavy atom. The minimum Gasteiger partial charge on any atom is -0.291 e. The molecule has 2 rings (SSSR count). The van der Waals surface area contributed by atoms with Crippen LogP contribution in [0.5, 0.6) is 0 Å². The first kappa shape index (κ1) is 13.6. The lowest BCUT2D eigenvalue weighted by Gasteiger charge is -2.01. The van der Waals surface area contributed by atoms with Gasteiger partial charge in [-0.05, 0) is 13.0 Å². The quantitative estimate of drug-likeness (QED) is 0.676. The minimum atomic E-state index is -0.244. The van der Waals surface area contributed by atoms with Gasteiger partial charge in [-0.25, -0.2) is 10.4 Å². The van der Waals surface area contributed by atoms with Crippen LogP contribution >= 0.6 is 23.2 Å². The molecule has 0 radical (unpaired) electrons. The average molecular weight is 297 g/mol. The summed E-state index contributed by atoms with van der Waals surface area (Å²) in [5, 5.41) is 4.81. The first-order valence-electron chi connectivity index (χ1n) is 5.37. The van der Waals surface area contributed by atoms with E-state index in [1.54, 1.807) is 25.1 Å². The molecule has 2 aromatic rings. The SMILES string of the molecule is Cc1cc(=O)[nH]c(NN=Cc2cccc(Cl)c2Cl)n1. The molecule has 0 fully saturated rings. The van der Waals surface area contributed by atoms with Gasteiger partial charge in [0.1, 0.15) is 0 Å². The molecule has 0 aliphatic heterocycles. The summed E-state index contributed by atoms with van der Waals surface area (Å²) in [4.78, 5) is 17.8. The van der Waals surface area contributed by atoms with Crippen LogP contribution < -0.4 is 11.0 Å². The number of nitrogens with zero attached hydrogens (tertiary/aromatic N) is 2. The number of halogens is 2. The van der Waals surface area contributed by atoms with Crippen molar-refractivity contribution >= 4 is 35.4 Å². The van der Waals surface area contributed by atoms with E-state index < -0.39 is 0 Å². The maximum absolute atomic E-state index is 11.2. The van der Waals surface area contributed by atoms with E-state index in [9.17, 15) is 4.79 Å². The van der Waals surface area contributed by atoms with Crippen LogP contribution in [0.1, 0.15) is 11.3 Å². The fourth-order valence-corrected chi connectivity index (χ4v) is 1.77. The number of benzene rings is 1. The van der Waals surface area contributed by atoms with Gasteiger partial charge >= 0.3 is 0 Å². The lowest BCUT2D eigenvalue weighted by atomic mass is 10.2. The Labute approximate surface area is 119 Å². The van der Waals surface area contributed by atoms with E-state index in [1.165, 1.54) is 12.3 Å². The van der Waals surface area contributed by atoms with Crippen LogP contribution in [0, 0.1) is 6.92 Å². The van der Waals surface area contributed by atoms with Gasteiger partial charge in [-0.2, -0.15) is 5.10 Å². The van der Waals surface area contributed by atoms with Crippen LogP contribution in [0.2, 0.25) is 10.0 Å². The van der Waals surface area contributed by atoms with E-state index in [0.29, 0.717) is 21.3 Å². The number of aromatic amines is 1. The lowest BCUT2D eigenvalue weighted by Crippen LogP contribution is -2.10. The Hall–Kier alpha value is -1.85. The molecule has 0 amide bonds. The van der Waals surface area contributed by atoms with Gasteiger partial charge < -0.3 is 0 Å². The predicted octanol–water partition coefficient (Wildman–Crippen LogP) is 2.83. The van der Waals surface area contributed by atoms with E-state index in [0.717, 1.165) is 0 Å². The van der Waals surface area contributed by atoms with Crippen molar-refractivity contribution in [1.82, 2.24) is 9.97 Å². The normalized spacial score (nSPS) is 10.9. The second-order valence-electron chi connectivity index (χ2n) is 3.75. The molecule has 2 N–H and O–H groups in total. The maximum atomic E-state index is 11.2. The highest BCUT2D eigenvalue weighted by Gasteiger charge is 2.01. The molecule has 0 spiro atoms. The number of anilines is 1. The van der Waals surface area contributed by atoms with Crippen LogP contribution in [0.25, 0.3) is 0 Å². The van der Waals surface area contributed by atoms with E-state index in [4.69, 9.17) is 23.2 Å². The molecule has 5 nitrogen and oxygen atoms in total. The third-order valence-corrected chi connectivity index (χ3v) is 3.06. The molecule has 1 aromatic heterocycles. The highest BCUT2D eigenvalue weighted by molar-refractivity contribution is 6.43. The monoisotopic (exact) mass is 296 g/mol. The number of aromatic nitrogens is 2. The van der Waals surface area contributed by atoms with Crippen LogP contribution in [0.3, 0.4) is 0 Å². The summed E-state index contributed by atoms with van der Waals surface area (Å²) in [6, 6.07) is 6.62. The molecular formula is C12H10Cl2N4O. The molecule has 0 unspecified atom stereocenters. The van der Waals surface area contributed by atoms with E-state index in [1.807, 2.05) is 0 Å². The molecule has 98 valence electrons. The Balaban J connectivity index is 2.16. The van der Waals surface area contributed by atoms with Crippen LogP contribution in [0.4, 0.5) is 5.95 Å². The molecule has 7 heteroatoms. The third-order valence-electron chi connectivity index (χ3n) is 2.23. The van der Waals surface area contributed by atoms with Gasteiger partial charge in [0.2, 0.25) is 5.95 Å². The standard InChI is InChI=1S/C12H10Cl2N4O/c1-7-5-10(19)17-12(16-7)18-15-6-8-3-2-4-9(13)11(8)14/h2-6H,1H3,(H2,16,17,18,19). The molecule has 0 saturated carbocycles. The van der Waals surface area contributed by atoms with Gasteiger partial charge in [0.25, 0.3) is 5.56 Å². The summed E-state index contributed by atoms with van der Waals surface area (Å²) >= 11 is 11.9. The van der Waals surface area contributed by atoms with E-state index in [2.05, 4.69) is 20.5 Å². The summed E-state index contributed by atoms with van der Waals surface area (Å²) in [5.41, 5.74) is 3.64. The van der Waals surface area contributed by atoms with Crippen molar-refractivity contribution in [2.24, 2.45) is 5.10 Å². The van der Waals surface area contributed by atoms with Gasteiger partial charge in [0.05, 0.1) is 16.3 Å². The fourth-order valence-electron chi connectivity index (χ4n) is 1.42. The zero-order valence-corrected chi connectivity index (χ0v) is 11.5. The van der Waals surface area contributed by atoms with Crippen LogP contribution in [-0.2, 0) is 0 Å². The summed E-state index contributed by atoms with van der Waals surface area (Å²) in [6.45, 7) is 1.72. The number of aryl methyl sites for hydroxylation is 1. The molecular weight excluding hydrogens is 287 g/mol. The van der Waals surface area contributed by atoms with Gasteiger partial charge in [0, 0.05) is 17.3 Å². The van der Waals surface area contributed by atoms with E-state index in [-0.39, 0.29) is 11.5 Å². The molecule has 0 atom stereocenters. The summed E-state index contributed by atoms with van der Waals surface area (Å²) in [7, 11) is 0. The number of H-pyrrole nitrogens is 1. The summed E-state index contributed by atoms with van der Waals surface area (Å²) in [5.74, 6) is 0.263. The third kappa shape index (κ3) is 3.56. The molecule has 1 aromatic carbocycles. The van der Waals surface area contributed by atoms with Crippen molar-refractivity contribution in [3.05, 3.63) is 55.9 Å². The number of hydrogen-bond acceptors (Lipinski definition) is 4. The number of hydrogen-bond donors (Lipinski definition) is 2. The molecule has 1 heterocycles. The second-order valence-corrected chi connectivity index (χ2v) is 4.53. The highest BCUT2D eigenvalue weighted by Crippen LogP contribution is 2.24. The smallest absolute Gasteiger partial charge is 0.252 e. The Morgan fingerprint density at radius 3 is 2.95 bits per heavy atom. The number of nitrogens with one attached hydrogen (secondary N) is 2. The van der Waals surface area contributed by atoms with E-state index >= 15 is 0 Å². The summed E-state index contributed by atoms with van der Waals surface area (Å²) in [6.07, 6.45) is 1.50. The Morgan fingerprint density at radius 1 is 1.42 bits per heavy atom. The summed E-state index contributed by atoms with van der Waals surface area (Å²) < 4.78 is 0. The fraction of sp³-hybridized carbons (Fsp3) is 0.0833. The lowest BCUT2D eigenvalue weighted by molar-refractivity contribution is 1.04. The maximum Gasteiger partial charge on any atom is 0.252 e. The minimum absolute atomic E-state index is 0.244. The van der Waals surface area contributed by atoms with Crippen molar-refractivity contribution < 1.29 is 0 Å². The van der Waals surface area contributed by atoms with Gasteiger partial charge in [-0.15, -0.1) is 0 Å². The second kappa shape index (κ2) is 5.86. The number of rotatable bonds is 3. The molecule has 0 bridgehead atoms. The largest absolute Gasteiger partial charge is 0.291 e. The first-order valence-corrected chi connectivity index (χ1v) is 6.13. The van der Waals surface area contributed by atoms with Crippen LogP contribution in [-0.4, -0.2) is 16.2 Å². The Bertz CT molecular complexity index is 682. The predicted molar refractivity (Wildman–Crippen MR) is 77.3 cm³/mol. The zero-order valence-electron chi connectivity index (χ0n) is 9.95. The topological polar surface area (TPSA) is 70.1 Å². The van der Waals surface area contributed by atoms with Crippen molar-refractivity contribution in [2.45, 2.75) is 6.92 Å². The van der Waals surface area contributed by atoms with Crippen LogP contribution in [0.15, 0.2) is 34.2 Å². The van der Waals surface area contributed by atoms with Gasteiger partial charge in [-0.1, -0.05) is 35.3 Å². The highest BCUT2D eigenvalue weighted by atomic mass is 35.5. The van der Waals surface area contributed by atoms with Crippen molar-refractivity contribution in [3.8, 4) is 0 Å². The number of hydrazone groups is 1. The first-order chi connectivity index (χ1) is 9.06. The molecule has 0 saturated heterocycles. The molecule has 19 heavy (non-hydrogen) atoms. The van der Waals surface area contributed by atoms with Gasteiger partial charge in [0.15, 0.2) is 0 Å². The van der Waals surface area contributed by atoms with Crippen molar-refractivity contribution in [3.63, 3.8) is 0 Å². The average Bonchev–Trinajstić information content (AvgIpc) is 2.33. The molecule has 0 aliphatic rings.